The van der Waals surface area contributed by atoms with Gasteiger partial charge in [0.2, 0.25) is 0 Å². The summed E-state index contributed by atoms with van der Waals surface area (Å²) in [6.07, 6.45) is 1.45. The van der Waals surface area contributed by atoms with Crippen LogP contribution in [0.25, 0.3) is 0 Å². The normalized spacial score (nSPS) is 9.94. The van der Waals surface area contributed by atoms with Crippen LogP contribution in [0.5, 0.6) is 0 Å². The molecule has 0 aliphatic heterocycles. The van der Waals surface area contributed by atoms with E-state index in [0.717, 1.165) is 0 Å². The highest BCUT2D eigenvalue weighted by molar-refractivity contribution is 5.92. The standard InChI is InChI=1S/C10H11N5O2/c1-11-9-3-2-8(13-14-9)10(16)12-6-7-4-5-17-15-7/h2-5H,6H2,1H3,(H,11,14)(H,12,16). The van der Waals surface area contributed by atoms with Crippen LogP contribution in [0.1, 0.15) is 16.2 Å². The second-order valence-corrected chi connectivity index (χ2v) is 3.23. The molecule has 0 aromatic carbocycles. The van der Waals surface area contributed by atoms with Gasteiger partial charge in [-0.25, -0.2) is 0 Å². The van der Waals surface area contributed by atoms with Gasteiger partial charge >= 0.3 is 0 Å². The summed E-state index contributed by atoms with van der Waals surface area (Å²) in [6, 6.07) is 4.95. The van der Waals surface area contributed by atoms with Crippen LogP contribution < -0.4 is 10.6 Å². The van der Waals surface area contributed by atoms with E-state index in [1.165, 1.54) is 6.26 Å². The molecule has 0 radical (unpaired) electrons. The first-order valence-corrected chi connectivity index (χ1v) is 4.98. The SMILES string of the molecule is CNc1ccc(C(=O)NCc2ccon2)nn1. The molecule has 0 unspecified atom stereocenters. The second kappa shape index (κ2) is 5.06. The van der Waals surface area contributed by atoms with E-state index < -0.39 is 0 Å². The topological polar surface area (TPSA) is 92.9 Å². The van der Waals surface area contributed by atoms with E-state index in [-0.39, 0.29) is 11.6 Å². The molecule has 2 aromatic heterocycles. The number of anilines is 1. The molecule has 88 valence electrons. The van der Waals surface area contributed by atoms with Gasteiger partial charge in [0.15, 0.2) is 5.69 Å². The minimum absolute atomic E-state index is 0.257. The van der Waals surface area contributed by atoms with Crippen molar-refractivity contribution < 1.29 is 9.32 Å². The van der Waals surface area contributed by atoms with Crippen LogP contribution in [0.3, 0.4) is 0 Å². The molecule has 0 saturated carbocycles. The summed E-state index contributed by atoms with van der Waals surface area (Å²) in [4.78, 5) is 11.6. The van der Waals surface area contributed by atoms with Gasteiger partial charge in [0.05, 0.1) is 6.54 Å². The zero-order chi connectivity index (χ0) is 12.1. The lowest BCUT2D eigenvalue weighted by atomic mass is 10.3. The molecule has 0 aliphatic rings. The molecule has 7 heteroatoms. The largest absolute Gasteiger partial charge is 0.372 e. The first-order valence-electron chi connectivity index (χ1n) is 4.98. The number of aromatic nitrogens is 3. The van der Waals surface area contributed by atoms with E-state index in [1.807, 2.05) is 0 Å². The van der Waals surface area contributed by atoms with Gasteiger partial charge in [-0.2, -0.15) is 0 Å². The van der Waals surface area contributed by atoms with Crippen LogP contribution in [0.4, 0.5) is 5.82 Å². The maximum Gasteiger partial charge on any atom is 0.272 e. The fourth-order valence-corrected chi connectivity index (χ4v) is 1.18. The van der Waals surface area contributed by atoms with Crippen LogP contribution >= 0.6 is 0 Å². The lowest BCUT2D eigenvalue weighted by Gasteiger charge is -2.02. The summed E-state index contributed by atoms with van der Waals surface area (Å²) in [5.74, 6) is 0.307. The summed E-state index contributed by atoms with van der Waals surface area (Å²) < 4.78 is 4.65. The Morgan fingerprint density at radius 1 is 1.35 bits per heavy atom. The number of carbonyl (C=O) groups is 1. The number of rotatable bonds is 4. The molecular weight excluding hydrogens is 222 g/mol. The first kappa shape index (κ1) is 11.1. The van der Waals surface area contributed by atoms with E-state index in [4.69, 9.17) is 0 Å². The van der Waals surface area contributed by atoms with Crippen molar-refractivity contribution in [1.82, 2.24) is 20.7 Å². The van der Waals surface area contributed by atoms with Crippen molar-refractivity contribution >= 4 is 11.7 Å². The Bertz CT molecular complexity index is 480. The number of amides is 1. The highest BCUT2D eigenvalue weighted by Crippen LogP contribution is 2.01. The number of hydrogen-bond donors (Lipinski definition) is 2. The molecule has 2 N–H and O–H groups in total. The summed E-state index contributed by atoms with van der Waals surface area (Å²) >= 11 is 0. The van der Waals surface area contributed by atoms with Gasteiger partial charge in [-0.1, -0.05) is 5.16 Å². The maximum absolute atomic E-state index is 11.6. The van der Waals surface area contributed by atoms with Crippen molar-refractivity contribution in [3.63, 3.8) is 0 Å². The van der Waals surface area contributed by atoms with Crippen molar-refractivity contribution in [3.8, 4) is 0 Å². The third-order valence-corrected chi connectivity index (χ3v) is 2.07. The number of carbonyl (C=O) groups excluding carboxylic acids is 1. The van der Waals surface area contributed by atoms with Crippen molar-refractivity contribution in [2.45, 2.75) is 6.54 Å². The molecule has 0 saturated heterocycles. The molecule has 2 rings (SSSR count). The van der Waals surface area contributed by atoms with Gasteiger partial charge in [-0.05, 0) is 12.1 Å². The van der Waals surface area contributed by atoms with Crippen LogP contribution in [-0.2, 0) is 6.54 Å². The van der Waals surface area contributed by atoms with Gasteiger partial charge in [0.1, 0.15) is 17.8 Å². The molecule has 2 aromatic rings. The Morgan fingerprint density at radius 2 is 2.24 bits per heavy atom. The minimum atomic E-state index is -0.303. The number of hydrogen-bond acceptors (Lipinski definition) is 6. The summed E-state index contributed by atoms with van der Waals surface area (Å²) in [5.41, 5.74) is 0.908. The number of nitrogens with zero attached hydrogens (tertiary/aromatic N) is 3. The Hall–Kier alpha value is -2.44. The highest BCUT2D eigenvalue weighted by atomic mass is 16.5. The van der Waals surface area contributed by atoms with Gasteiger partial charge < -0.3 is 15.2 Å². The molecule has 0 bridgehead atoms. The average molecular weight is 233 g/mol. The van der Waals surface area contributed by atoms with E-state index in [1.54, 1.807) is 25.2 Å². The fraction of sp³-hybridized carbons (Fsp3) is 0.200. The zero-order valence-corrected chi connectivity index (χ0v) is 9.17. The van der Waals surface area contributed by atoms with E-state index in [2.05, 4.69) is 30.5 Å². The third-order valence-electron chi connectivity index (χ3n) is 2.07. The predicted octanol–water partition coefficient (Wildman–Crippen LogP) is 0.436. The molecule has 0 aliphatic carbocycles. The molecule has 1 amide bonds. The Morgan fingerprint density at radius 3 is 2.82 bits per heavy atom. The lowest BCUT2D eigenvalue weighted by Crippen LogP contribution is -2.24. The molecule has 0 spiro atoms. The van der Waals surface area contributed by atoms with Crippen LogP contribution in [0.15, 0.2) is 29.0 Å². The monoisotopic (exact) mass is 233 g/mol. The number of nitrogens with one attached hydrogen (secondary N) is 2. The first-order chi connectivity index (χ1) is 8.29. The second-order valence-electron chi connectivity index (χ2n) is 3.23. The van der Waals surface area contributed by atoms with Gasteiger partial charge in [0, 0.05) is 13.1 Å². The van der Waals surface area contributed by atoms with Crippen molar-refractivity contribution in [2.75, 3.05) is 12.4 Å². The predicted molar refractivity (Wildman–Crippen MR) is 59.3 cm³/mol. The maximum atomic E-state index is 11.6. The van der Waals surface area contributed by atoms with Crippen molar-refractivity contribution in [3.05, 3.63) is 35.9 Å². The lowest BCUT2D eigenvalue weighted by molar-refractivity contribution is 0.0944. The highest BCUT2D eigenvalue weighted by Gasteiger charge is 2.08. The Kier molecular flexibility index (Phi) is 3.29. The Labute approximate surface area is 97.2 Å². The van der Waals surface area contributed by atoms with Crippen LogP contribution in [0, 0.1) is 0 Å². The minimum Gasteiger partial charge on any atom is -0.372 e. The molecule has 0 fully saturated rings. The summed E-state index contributed by atoms with van der Waals surface area (Å²) in [6.45, 7) is 0.296. The average Bonchev–Trinajstić information content (AvgIpc) is 2.89. The van der Waals surface area contributed by atoms with Gasteiger partial charge in [-0.3, -0.25) is 4.79 Å². The van der Waals surface area contributed by atoms with Gasteiger partial charge in [0.25, 0.3) is 5.91 Å². The van der Waals surface area contributed by atoms with Crippen LogP contribution in [-0.4, -0.2) is 28.3 Å². The fourth-order valence-electron chi connectivity index (χ4n) is 1.18. The molecule has 2 heterocycles. The Balaban J connectivity index is 1.95. The van der Waals surface area contributed by atoms with Crippen molar-refractivity contribution in [1.29, 1.82) is 0 Å². The molecule has 0 atom stereocenters. The van der Waals surface area contributed by atoms with E-state index in [9.17, 15) is 4.79 Å². The van der Waals surface area contributed by atoms with Gasteiger partial charge in [-0.15, -0.1) is 10.2 Å². The van der Waals surface area contributed by atoms with E-state index in [0.29, 0.717) is 18.1 Å². The molecule has 17 heavy (non-hydrogen) atoms. The zero-order valence-electron chi connectivity index (χ0n) is 9.17. The quantitative estimate of drug-likeness (QED) is 0.795. The smallest absolute Gasteiger partial charge is 0.272 e. The van der Waals surface area contributed by atoms with Crippen LogP contribution in [0.2, 0.25) is 0 Å². The summed E-state index contributed by atoms with van der Waals surface area (Å²) in [7, 11) is 1.73. The molecule has 7 nitrogen and oxygen atoms in total. The summed E-state index contributed by atoms with van der Waals surface area (Å²) in [5, 5.41) is 16.7. The van der Waals surface area contributed by atoms with Crippen molar-refractivity contribution in [2.24, 2.45) is 0 Å². The third kappa shape index (κ3) is 2.77. The molecular formula is C10H11N5O2. The van der Waals surface area contributed by atoms with E-state index >= 15 is 0 Å².